The number of hydrogen-bond donors (Lipinski definition) is 2. The van der Waals surface area contributed by atoms with E-state index in [1.54, 1.807) is 6.20 Å². The van der Waals surface area contributed by atoms with Crippen LogP contribution in [0.3, 0.4) is 0 Å². The van der Waals surface area contributed by atoms with Crippen molar-refractivity contribution in [1.29, 1.82) is 0 Å². The molecule has 0 radical (unpaired) electrons. The van der Waals surface area contributed by atoms with Crippen molar-refractivity contribution in [3.8, 4) is 17.0 Å². The molecular weight excluding hydrogens is 401 g/mol. The normalized spacial score (nSPS) is 10.9. The van der Waals surface area contributed by atoms with Gasteiger partial charge in [0.2, 0.25) is 0 Å². The summed E-state index contributed by atoms with van der Waals surface area (Å²) in [7, 11) is 3.14. The Morgan fingerprint density at radius 1 is 1.32 bits per heavy atom. The lowest BCUT2D eigenvalue weighted by Gasteiger charge is -2.14. The average Bonchev–Trinajstić information content (AvgIpc) is 3.03. The monoisotopic (exact) mass is 419 g/mol. The van der Waals surface area contributed by atoms with Gasteiger partial charge in [0.25, 0.3) is 5.91 Å². The third-order valence-electron chi connectivity index (χ3n) is 3.95. The molecule has 0 saturated heterocycles. The Bertz CT molecular complexity index is 1040. The Balaban J connectivity index is 2.08. The molecule has 3 rings (SSSR count). The summed E-state index contributed by atoms with van der Waals surface area (Å²) < 4.78 is 7.46. The molecule has 0 aliphatic rings. The van der Waals surface area contributed by atoms with Gasteiger partial charge in [-0.1, -0.05) is 19.5 Å². The molecule has 0 aromatic carbocycles. The number of aromatic nitrogens is 5. The van der Waals surface area contributed by atoms with Crippen LogP contribution in [-0.4, -0.2) is 51.3 Å². The predicted molar refractivity (Wildman–Crippen MR) is 110 cm³/mol. The molecule has 0 saturated carbocycles. The van der Waals surface area contributed by atoms with Crippen molar-refractivity contribution in [2.75, 3.05) is 25.8 Å². The fourth-order valence-corrected chi connectivity index (χ4v) is 3.88. The summed E-state index contributed by atoms with van der Waals surface area (Å²) in [5, 5.41) is 15.1. The number of hydrogen-bond acceptors (Lipinski definition) is 7. The van der Waals surface area contributed by atoms with E-state index in [0.717, 1.165) is 16.7 Å². The van der Waals surface area contributed by atoms with Crippen LogP contribution in [0.5, 0.6) is 5.75 Å². The molecule has 0 unspecified atom stereocenters. The van der Waals surface area contributed by atoms with Crippen LogP contribution < -0.4 is 21.2 Å². The minimum Gasteiger partial charge on any atom is -0.492 e. The Hall–Kier alpha value is -2.77. The number of rotatable bonds is 6. The highest BCUT2D eigenvalue weighted by Crippen LogP contribution is 2.37. The number of pyridine rings is 1. The van der Waals surface area contributed by atoms with Gasteiger partial charge in [0, 0.05) is 24.9 Å². The minimum atomic E-state index is -0.740. The molecule has 1 amide bonds. The van der Waals surface area contributed by atoms with Gasteiger partial charge in [-0.25, -0.2) is 4.98 Å². The van der Waals surface area contributed by atoms with Crippen LogP contribution in [0.2, 0.25) is 5.15 Å². The summed E-state index contributed by atoms with van der Waals surface area (Å²) in [6, 6.07) is 5.30. The second-order valence-corrected chi connectivity index (χ2v) is 8.70. The van der Waals surface area contributed by atoms with E-state index in [-0.39, 0.29) is 24.5 Å². The van der Waals surface area contributed by atoms with Crippen molar-refractivity contribution in [3.05, 3.63) is 35.2 Å². The lowest BCUT2D eigenvalue weighted by molar-refractivity contribution is 0.0995. The molecule has 0 spiro atoms. The standard InChI is InChI=1S/C17H19ClN7O2P/c1-25-13(28(3)4)8-10(24-25)9-5-6-20-17(15(9)27-2)21-11-7-12(18)22-23-14(11)16(19)26/h5-8H,1-4H3,(H2,19,26)(H,20,21,22). The van der Waals surface area contributed by atoms with Gasteiger partial charge in [0.05, 0.1) is 23.9 Å². The summed E-state index contributed by atoms with van der Waals surface area (Å²) >= 11 is 5.91. The summed E-state index contributed by atoms with van der Waals surface area (Å²) in [5.41, 5.74) is 8.27. The van der Waals surface area contributed by atoms with Gasteiger partial charge in [0.1, 0.15) is 0 Å². The van der Waals surface area contributed by atoms with Crippen molar-refractivity contribution in [1.82, 2.24) is 25.0 Å². The largest absolute Gasteiger partial charge is 0.492 e. The highest BCUT2D eigenvalue weighted by molar-refractivity contribution is 7.63. The Labute approximate surface area is 168 Å². The molecule has 0 atom stereocenters. The summed E-state index contributed by atoms with van der Waals surface area (Å²) in [6.07, 6.45) is 1.62. The quantitative estimate of drug-likeness (QED) is 0.587. The van der Waals surface area contributed by atoms with Crippen LogP contribution in [0, 0.1) is 0 Å². The number of amides is 1. The summed E-state index contributed by atoms with van der Waals surface area (Å²) in [6.45, 7) is 4.33. The summed E-state index contributed by atoms with van der Waals surface area (Å²) in [5.74, 6) is 0.0940. The average molecular weight is 420 g/mol. The van der Waals surface area contributed by atoms with Gasteiger partial charge in [-0.2, -0.15) is 5.10 Å². The van der Waals surface area contributed by atoms with Crippen LogP contribution in [0.15, 0.2) is 24.4 Å². The number of nitrogens with zero attached hydrogens (tertiary/aromatic N) is 5. The lowest BCUT2D eigenvalue weighted by Crippen LogP contribution is -2.16. The number of carbonyl (C=O) groups is 1. The van der Waals surface area contributed by atoms with E-state index in [1.807, 2.05) is 23.9 Å². The van der Waals surface area contributed by atoms with E-state index in [0.29, 0.717) is 11.6 Å². The zero-order valence-corrected chi connectivity index (χ0v) is 17.4. The first-order valence-corrected chi connectivity index (χ1v) is 10.8. The first kappa shape index (κ1) is 20.0. The van der Waals surface area contributed by atoms with Crippen molar-refractivity contribution in [3.63, 3.8) is 0 Å². The lowest BCUT2D eigenvalue weighted by atomic mass is 10.1. The van der Waals surface area contributed by atoms with Crippen LogP contribution in [0.4, 0.5) is 11.5 Å². The third-order valence-corrected chi connectivity index (χ3v) is 5.47. The number of aryl methyl sites for hydroxylation is 1. The number of ether oxygens (including phenoxy) is 1. The molecule has 3 aromatic heterocycles. The first-order valence-electron chi connectivity index (χ1n) is 8.16. The first-order chi connectivity index (χ1) is 13.3. The van der Waals surface area contributed by atoms with Crippen molar-refractivity contribution in [2.45, 2.75) is 0 Å². The Morgan fingerprint density at radius 2 is 2.07 bits per heavy atom. The van der Waals surface area contributed by atoms with E-state index in [1.165, 1.54) is 13.2 Å². The molecule has 11 heteroatoms. The number of nitrogens with two attached hydrogens (primary N) is 1. The fourth-order valence-electron chi connectivity index (χ4n) is 2.73. The van der Waals surface area contributed by atoms with Gasteiger partial charge in [-0.15, -0.1) is 10.2 Å². The maximum atomic E-state index is 11.6. The SMILES string of the molecule is COc1c(-c2cc(P(C)C)n(C)n2)ccnc1Nc1cc(Cl)nnc1C(N)=O. The predicted octanol–water partition coefficient (Wildman–Crippen LogP) is 2.14. The molecular formula is C17H19ClN7O2P. The molecule has 28 heavy (non-hydrogen) atoms. The van der Waals surface area contributed by atoms with Gasteiger partial charge >= 0.3 is 0 Å². The van der Waals surface area contributed by atoms with E-state index in [4.69, 9.17) is 22.1 Å². The highest BCUT2D eigenvalue weighted by atomic mass is 35.5. The van der Waals surface area contributed by atoms with E-state index >= 15 is 0 Å². The van der Waals surface area contributed by atoms with Crippen LogP contribution in [0.25, 0.3) is 11.3 Å². The van der Waals surface area contributed by atoms with Gasteiger partial charge in [0.15, 0.2) is 22.4 Å². The third kappa shape index (κ3) is 3.90. The number of anilines is 2. The number of carbonyl (C=O) groups excluding carboxylic acids is 1. The van der Waals surface area contributed by atoms with Crippen molar-refractivity contribution < 1.29 is 9.53 Å². The summed E-state index contributed by atoms with van der Waals surface area (Å²) in [4.78, 5) is 16.0. The van der Waals surface area contributed by atoms with Crippen LogP contribution >= 0.6 is 19.5 Å². The highest BCUT2D eigenvalue weighted by Gasteiger charge is 2.19. The Kier molecular flexibility index (Phi) is 5.76. The van der Waals surface area contributed by atoms with Gasteiger partial charge in [-0.3, -0.25) is 9.48 Å². The van der Waals surface area contributed by atoms with E-state index < -0.39 is 5.91 Å². The maximum Gasteiger partial charge on any atom is 0.271 e. The molecule has 146 valence electrons. The maximum absolute atomic E-state index is 11.6. The fraction of sp³-hybridized carbons (Fsp3) is 0.235. The molecule has 3 heterocycles. The number of methoxy groups -OCH3 is 1. The smallest absolute Gasteiger partial charge is 0.271 e. The number of halogens is 1. The molecule has 3 aromatic rings. The molecule has 3 N–H and O–H groups in total. The second-order valence-electron chi connectivity index (χ2n) is 6.06. The zero-order chi connectivity index (χ0) is 20.4. The number of primary amides is 1. The topological polar surface area (TPSA) is 121 Å². The molecule has 0 bridgehead atoms. The molecule has 0 fully saturated rings. The zero-order valence-electron chi connectivity index (χ0n) is 15.8. The van der Waals surface area contributed by atoms with Gasteiger partial charge < -0.3 is 15.8 Å². The molecule has 0 aliphatic heterocycles. The van der Waals surface area contributed by atoms with Crippen LogP contribution in [0.1, 0.15) is 10.5 Å². The number of nitrogens with one attached hydrogen (secondary N) is 1. The Morgan fingerprint density at radius 3 is 2.68 bits per heavy atom. The second kappa shape index (κ2) is 8.08. The van der Waals surface area contributed by atoms with Crippen LogP contribution in [-0.2, 0) is 7.05 Å². The van der Waals surface area contributed by atoms with Crippen molar-refractivity contribution in [2.24, 2.45) is 12.8 Å². The van der Waals surface area contributed by atoms with E-state index in [9.17, 15) is 4.79 Å². The molecule has 9 nitrogen and oxygen atoms in total. The van der Waals surface area contributed by atoms with Crippen molar-refractivity contribution >= 4 is 42.4 Å². The van der Waals surface area contributed by atoms with Gasteiger partial charge in [-0.05, 0) is 25.5 Å². The minimum absolute atomic E-state index is 0.0543. The molecule has 0 aliphatic carbocycles. The van der Waals surface area contributed by atoms with E-state index in [2.05, 4.69) is 38.9 Å².